The number of ether oxygens (including phenoxy) is 1. The van der Waals surface area contributed by atoms with Crippen molar-refractivity contribution in [2.24, 2.45) is 17.8 Å². The van der Waals surface area contributed by atoms with Gasteiger partial charge in [-0.25, -0.2) is 26.4 Å². The summed E-state index contributed by atoms with van der Waals surface area (Å²) in [7, 11) is -3.04. The van der Waals surface area contributed by atoms with Crippen molar-refractivity contribution in [1.82, 2.24) is 10.2 Å². The lowest BCUT2D eigenvalue weighted by atomic mass is 9.48. The molecule has 2 unspecified atom stereocenters. The monoisotopic (exact) mass is 671 g/mol. The summed E-state index contributed by atoms with van der Waals surface area (Å²) in [6.07, 6.45) is -0.994. The largest absolute Gasteiger partial charge is 0.453 e. The molecule has 16 heteroatoms. The third kappa shape index (κ3) is 5.76. The van der Waals surface area contributed by atoms with Crippen LogP contribution in [0, 0.1) is 35.2 Å². The Kier molecular flexibility index (Phi) is 8.66. The topological polar surface area (TPSA) is 159 Å². The minimum Gasteiger partial charge on any atom is -0.453 e. The van der Waals surface area contributed by atoms with E-state index in [1.54, 1.807) is 0 Å². The standard InChI is InChI=1S/C29H29ClF3N3O8S/c1-13-18-9-17(10-19(13)29(18,41)12-34-27(39)23-8-16(37)11-36(23)28(40)44-2)45(42,43)24-5-14(3-4-20(24)30)26(38)35-15-6-21(31)25(33)22(32)7-15/h3-7,13,17-19,23,41H,8-12H2,1-2H3,(H,34,39)(H,35,38)/t13?,17?,18?,19?,23-,29?/m0/s1. The summed E-state index contributed by atoms with van der Waals surface area (Å²) in [5.74, 6) is -7.79. The van der Waals surface area contributed by atoms with Gasteiger partial charge in [0.05, 0.1) is 34.4 Å². The van der Waals surface area contributed by atoms with Gasteiger partial charge >= 0.3 is 6.09 Å². The number of Topliss-reactive ketones (excluding diaryl/α,β-unsaturated/α-hetero) is 1. The average Bonchev–Trinajstić information content (AvgIpc) is 3.40. The summed E-state index contributed by atoms with van der Waals surface area (Å²) in [6.45, 7) is 1.37. The van der Waals surface area contributed by atoms with E-state index in [9.17, 15) is 45.9 Å². The van der Waals surface area contributed by atoms with Gasteiger partial charge in [0.15, 0.2) is 33.1 Å². The van der Waals surface area contributed by atoms with Crippen molar-refractivity contribution in [3.63, 3.8) is 0 Å². The SMILES string of the molecule is COC(=O)N1CC(=O)C[C@H]1C(=O)NCC1(O)C2CC(S(=O)(=O)c3cc(C(=O)Nc4cc(F)c(F)c(F)c4)ccc3Cl)CC1C2C. The van der Waals surface area contributed by atoms with Crippen LogP contribution in [0.25, 0.3) is 0 Å². The molecule has 3 aliphatic carbocycles. The van der Waals surface area contributed by atoms with E-state index in [1.807, 2.05) is 6.92 Å². The summed E-state index contributed by atoms with van der Waals surface area (Å²) in [6, 6.07) is 3.50. The van der Waals surface area contributed by atoms with E-state index in [1.165, 1.54) is 12.1 Å². The lowest BCUT2D eigenvalue weighted by Crippen LogP contribution is -2.71. The molecule has 2 bridgehead atoms. The average molecular weight is 672 g/mol. The Morgan fingerprint density at radius 2 is 1.73 bits per heavy atom. The summed E-state index contributed by atoms with van der Waals surface area (Å²) >= 11 is 6.25. The van der Waals surface area contributed by atoms with E-state index in [4.69, 9.17) is 11.6 Å². The highest BCUT2D eigenvalue weighted by Gasteiger charge is 2.64. The van der Waals surface area contributed by atoms with E-state index >= 15 is 0 Å². The van der Waals surface area contributed by atoms with E-state index in [0.29, 0.717) is 12.1 Å². The van der Waals surface area contributed by atoms with Crippen LogP contribution in [0.3, 0.4) is 0 Å². The summed E-state index contributed by atoms with van der Waals surface area (Å²) < 4.78 is 72.6. The number of halogens is 4. The highest BCUT2D eigenvalue weighted by Crippen LogP contribution is 2.59. The van der Waals surface area contributed by atoms with Crippen molar-refractivity contribution in [1.29, 1.82) is 0 Å². The van der Waals surface area contributed by atoms with Gasteiger partial charge in [-0.15, -0.1) is 0 Å². The van der Waals surface area contributed by atoms with Crippen molar-refractivity contribution < 1.29 is 50.6 Å². The number of likely N-dealkylation sites (tertiary alicyclic amines) is 1. The first-order chi connectivity index (χ1) is 21.1. The molecule has 3 saturated carbocycles. The second-order valence-electron chi connectivity index (χ2n) is 11.6. The zero-order valence-corrected chi connectivity index (χ0v) is 25.6. The molecule has 11 nitrogen and oxygen atoms in total. The third-order valence-electron chi connectivity index (χ3n) is 9.17. The molecular weight excluding hydrogens is 643 g/mol. The number of fused-ring (bicyclic) bond motifs is 2. The van der Waals surface area contributed by atoms with Crippen molar-refractivity contribution in [3.8, 4) is 0 Å². The number of methoxy groups -OCH3 is 1. The number of aliphatic hydroxyl groups is 1. The molecule has 0 radical (unpaired) electrons. The maximum absolute atomic E-state index is 13.8. The number of hydrogen-bond acceptors (Lipinski definition) is 8. The number of rotatable bonds is 7. The van der Waals surface area contributed by atoms with Crippen LogP contribution in [-0.4, -0.2) is 79.2 Å². The lowest BCUT2D eigenvalue weighted by Gasteiger charge is -2.62. The van der Waals surface area contributed by atoms with Crippen molar-refractivity contribution in [2.45, 2.75) is 48.0 Å². The Morgan fingerprint density at radius 3 is 2.33 bits per heavy atom. The minimum absolute atomic E-state index is 0.0173. The van der Waals surface area contributed by atoms with Crippen LogP contribution in [-0.2, 0) is 24.2 Å². The molecular formula is C29H29ClF3N3O8S. The molecule has 1 aliphatic heterocycles. The first-order valence-electron chi connectivity index (χ1n) is 13.9. The number of nitrogens with one attached hydrogen (secondary N) is 2. The number of sulfone groups is 1. The van der Waals surface area contributed by atoms with Crippen LogP contribution in [0.5, 0.6) is 0 Å². The zero-order chi connectivity index (χ0) is 33.0. The van der Waals surface area contributed by atoms with Crippen molar-refractivity contribution in [2.75, 3.05) is 25.5 Å². The van der Waals surface area contributed by atoms with Crippen LogP contribution in [0.4, 0.5) is 23.7 Å². The number of amides is 3. The number of benzene rings is 2. The number of hydrogen-bond donors (Lipinski definition) is 3. The van der Waals surface area contributed by atoms with Gasteiger partial charge in [-0.05, 0) is 48.8 Å². The summed E-state index contributed by atoms with van der Waals surface area (Å²) in [5, 5.41) is 15.2. The quantitative estimate of drug-likeness (QED) is 0.379. The van der Waals surface area contributed by atoms with Crippen LogP contribution < -0.4 is 10.6 Å². The fourth-order valence-corrected chi connectivity index (χ4v) is 9.17. The lowest BCUT2D eigenvalue weighted by molar-refractivity contribution is -0.213. The van der Waals surface area contributed by atoms with E-state index < -0.39 is 73.9 Å². The first-order valence-corrected chi connectivity index (χ1v) is 15.9. The summed E-state index contributed by atoms with van der Waals surface area (Å²) in [4.78, 5) is 50.2. The molecule has 6 rings (SSSR count). The Hall–Kier alpha value is -3.69. The smallest absolute Gasteiger partial charge is 0.410 e. The molecule has 3 N–H and O–H groups in total. The van der Waals surface area contributed by atoms with Crippen molar-refractivity contribution >= 4 is 50.8 Å². The van der Waals surface area contributed by atoms with Gasteiger partial charge in [-0.2, -0.15) is 0 Å². The van der Waals surface area contributed by atoms with Gasteiger partial charge in [-0.1, -0.05) is 18.5 Å². The maximum Gasteiger partial charge on any atom is 0.410 e. The van der Waals surface area contributed by atoms with E-state index in [2.05, 4.69) is 15.4 Å². The van der Waals surface area contributed by atoms with Crippen LogP contribution in [0.2, 0.25) is 5.02 Å². The highest BCUT2D eigenvalue weighted by molar-refractivity contribution is 7.92. The molecule has 4 fully saturated rings. The molecule has 3 amide bonds. The van der Waals surface area contributed by atoms with Crippen LogP contribution in [0.1, 0.15) is 36.5 Å². The molecule has 0 aromatic heterocycles. The first kappa shape index (κ1) is 32.7. The van der Waals surface area contributed by atoms with Crippen LogP contribution in [0.15, 0.2) is 35.2 Å². The zero-order valence-electron chi connectivity index (χ0n) is 24.0. The van der Waals surface area contributed by atoms with Gasteiger partial charge in [-0.3, -0.25) is 19.3 Å². The maximum atomic E-state index is 13.8. The molecule has 0 spiro atoms. The minimum atomic E-state index is -4.16. The van der Waals surface area contributed by atoms with E-state index in [0.717, 1.165) is 18.1 Å². The second kappa shape index (κ2) is 11.9. The Morgan fingerprint density at radius 1 is 1.11 bits per heavy atom. The van der Waals surface area contributed by atoms with Gasteiger partial charge in [0.2, 0.25) is 5.91 Å². The number of nitrogens with zero attached hydrogens (tertiary/aromatic N) is 1. The number of carbonyl (C=O) groups excluding carboxylic acids is 4. The molecule has 1 saturated heterocycles. The molecule has 3 atom stereocenters. The molecule has 242 valence electrons. The Bertz CT molecular complexity index is 1670. The normalized spacial score (nSPS) is 27.5. The number of ketones is 1. The fourth-order valence-electron chi connectivity index (χ4n) is 6.82. The Balaban J connectivity index is 1.28. The van der Waals surface area contributed by atoms with Crippen LogP contribution >= 0.6 is 11.6 Å². The number of carbonyl (C=O) groups is 4. The highest BCUT2D eigenvalue weighted by atomic mass is 35.5. The van der Waals surface area contributed by atoms with Gasteiger partial charge in [0, 0.05) is 36.3 Å². The molecule has 4 aliphatic rings. The molecule has 1 heterocycles. The molecule has 2 aromatic rings. The van der Waals surface area contributed by atoms with E-state index in [-0.39, 0.29) is 65.2 Å². The molecule has 45 heavy (non-hydrogen) atoms. The van der Waals surface area contributed by atoms with Gasteiger partial charge in [0.25, 0.3) is 5.91 Å². The summed E-state index contributed by atoms with van der Waals surface area (Å²) in [5.41, 5.74) is -2.02. The Labute approximate surface area is 261 Å². The number of anilines is 1. The fraction of sp³-hybridized carbons (Fsp3) is 0.448. The predicted molar refractivity (Wildman–Crippen MR) is 153 cm³/mol. The van der Waals surface area contributed by atoms with Gasteiger partial charge < -0.3 is 20.5 Å². The third-order valence-corrected chi connectivity index (χ3v) is 11.8. The molecule has 2 aromatic carbocycles. The van der Waals surface area contributed by atoms with Crippen molar-refractivity contribution in [3.05, 3.63) is 58.4 Å². The second-order valence-corrected chi connectivity index (χ2v) is 14.2. The predicted octanol–water partition coefficient (Wildman–Crippen LogP) is 3.08. The van der Waals surface area contributed by atoms with Gasteiger partial charge in [0.1, 0.15) is 6.04 Å².